The molecule has 0 aliphatic heterocycles. The molecule has 0 bridgehead atoms. The fraction of sp³-hybridized carbons (Fsp3) is 0.238. The van der Waals surface area contributed by atoms with E-state index in [2.05, 4.69) is 4.90 Å². The standard InChI is InChI=1S/C17H20N2O3.C4H4O4/c1-18(2)13-12-16(14-8-4-3-5-9-14)22-17-11-7-6-10-15(17)19(20)21;5-3(6)1-2-4(7)8/h3-11,16H,12-13H2,1-2H3;1-2H,(H,5,6)(H,7,8). The molecule has 2 N–H and O–H groups in total. The van der Waals surface area contributed by atoms with E-state index in [0.29, 0.717) is 17.9 Å². The Kier molecular flexibility index (Phi) is 10.3. The smallest absolute Gasteiger partial charge is 0.328 e. The molecule has 1 unspecified atom stereocenters. The van der Waals surface area contributed by atoms with Crippen molar-refractivity contribution in [3.05, 3.63) is 82.4 Å². The fourth-order valence-electron chi connectivity index (χ4n) is 2.34. The Balaban J connectivity index is 0.000000479. The molecule has 9 heteroatoms. The van der Waals surface area contributed by atoms with Gasteiger partial charge < -0.3 is 19.8 Å². The minimum atomic E-state index is -1.26. The van der Waals surface area contributed by atoms with Crippen LogP contribution in [0.25, 0.3) is 0 Å². The number of nitro benzene ring substituents is 1. The van der Waals surface area contributed by atoms with Gasteiger partial charge in [0.2, 0.25) is 0 Å². The fourth-order valence-corrected chi connectivity index (χ4v) is 2.34. The molecule has 0 radical (unpaired) electrons. The van der Waals surface area contributed by atoms with Gasteiger partial charge in [-0.15, -0.1) is 0 Å². The minimum absolute atomic E-state index is 0.00622. The first-order valence-corrected chi connectivity index (χ1v) is 8.94. The molecule has 0 aliphatic rings. The Morgan fingerprint density at radius 2 is 1.57 bits per heavy atom. The zero-order valence-electron chi connectivity index (χ0n) is 16.7. The third-order valence-electron chi connectivity index (χ3n) is 3.71. The van der Waals surface area contributed by atoms with E-state index in [9.17, 15) is 19.7 Å². The molecule has 2 aromatic carbocycles. The molecule has 9 nitrogen and oxygen atoms in total. The predicted octanol–water partition coefficient (Wildman–Crippen LogP) is 3.38. The van der Waals surface area contributed by atoms with Gasteiger partial charge in [0.1, 0.15) is 6.10 Å². The van der Waals surface area contributed by atoms with Gasteiger partial charge in [-0.25, -0.2) is 9.59 Å². The van der Waals surface area contributed by atoms with E-state index < -0.39 is 16.9 Å². The monoisotopic (exact) mass is 416 g/mol. The van der Waals surface area contributed by atoms with E-state index in [-0.39, 0.29) is 11.8 Å². The van der Waals surface area contributed by atoms with Gasteiger partial charge in [-0.3, -0.25) is 10.1 Å². The highest BCUT2D eigenvalue weighted by Crippen LogP contribution is 2.32. The third kappa shape index (κ3) is 9.47. The van der Waals surface area contributed by atoms with Crippen LogP contribution in [-0.2, 0) is 9.59 Å². The average Bonchev–Trinajstić information content (AvgIpc) is 2.70. The number of rotatable bonds is 9. The molecule has 2 aromatic rings. The molecule has 30 heavy (non-hydrogen) atoms. The summed E-state index contributed by atoms with van der Waals surface area (Å²) in [5.41, 5.74) is 1.01. The van der Waals surface area contributed by atoms with Gasteiger partial charge >= 0.3 is 17.6 Å². The molecule has 160 valence electrons. The van der Waals surface area contributed by atoms with Crippen molar-refractivity contribution >= 4 is 17.6 Å². The van der Waals surface area contributed by atoms with Gasteiger partial charge in [-0.05, 0) is 25.7 Å². The van der Waals surface area contributed by atoms with Crippen molar-refractivity contribution in [2.24, 2.45) is 0 Å². The number of aliphatic carboxylic acids is 2. The second-order valence-corrected chi connectivity index (χ2v) is 6.34. The summed E-state index contributed by atoms with van der Waals surface area (Å²) in [7, 11) is 3.99. The van der Waals surface area contributed by atoms with Gasteiger partial charge in [0.25, 0.3) is 0 Å². The summed E-state index contributed by atoms with van der Waals surface area (Å²) in [5.74, 6) is -2.21. The first kappa shape index (κ1) is 24.3. The van der Waals surface area contributed by atoms with Crippen LogP contribution in [0, 0.1) is 10.1 Å². The SMILES string of the molecule is CN(C)CCC(Oc1ccccc1[N+](=O)[O-])c1ccccc1.O=C(O)C=CC(=O)O. The Morgan fingerprint density at radius 1 is 1.03 bits per heavy atom. The lowest BCUT2D eigenvalue weighted by Crippen LogP contribution is -2.19. The van der Waals surface area contributed by atoms with Crippen molar-refractivity contribution in [2.45, 2.75) is 12.5 Å². The van der Waals surface area contributed by atoms with Crippen molar-refractivity contribution in [3.8, 4) is 5.75 Å². The van der Waals surface area contributed by atoms with E-state index in [1.54, 1.807) is 18.2 Å². The number of carbonyl (C=O) groups is 2. The molecule has 0 aliphatic carbocycles. The number of carboxylic acid groups (broad SMARTS) is 2. The van der Waals surface area contributed by atoms with Crippen molar-refractivity contribution in [1.82, 2.24) is 4.90 Å². The van der Waals surface area contributed by atoms with Crippen LogP contribution in [0.1, 0.15) is 18.1 Å². The Labute approximate surface area is 174 Å². The van der Waals surface area contributed by atoms with E-state index in [4.69, 9.17) is 14.9 Å². The number of nitrogens with zero attached hydrogens (tertiary/aromatic N) is 2. The summed E-state index contributed by atoms with van der Waals surface area (Å²) in [6, 6.07) is 16.3. The van der Waals surface area contributed by atoms with Gasteiger partial charge in [-0.2, -0.15) is 0 Å². The second-order valence-electron chi connectivity index (χ2n) is 6.34. The number of nitro groups is 1. The maximum absolute atomic E-state index is 11.1. The molecular weight excluding hydrogens is 392 g/mol. The van der Waals surface area contributed by atoms with Crippen LogP contribution >= 0.6 is 0 Å². The van der Waals surface area contributed by atoms with Gasteiger partial charge in [-0.1, -0.05) is 42.5 Å². The average molecular weight is 416 g/mol. The van der Waals surface area contributed by atoms with E-state index in [1.807, 2.05) is 44.4 Å². The normalized spacial score (nSPS) is 11.4. The van der Waals surface area contributed by atoms with Gasteiger partial charge in [0, 0.05) is 31.2 Å². The summed E-state index contributed by atoms with van der Waals surface area (Å²) >= 11 is 0. The molecule has 0 spiro atoms. The lowest BCUT2D eigenvalue weighted by molar-refractivity contribution is -0.386. The molecule has 0 saturated carbocycles. The van der Waals surface area contributed by atoms with E-state index >= 15 is 0 Å². The number of para-hydroxylation sites is 2. The summed E-state index contributed by atoms with van der Waals surface area (Å²) in [4.78, 5) is 31.9. The van der Waals surface area contributed by atoms with Gasteiger partial charge in [0.05, 0.1) is 4.92 Å². The summed E-state index contributed by atoms with van der Waals surface area (Å²) in [6.07, 6.45) is 1.65. The molecule has 0 aromatic heterocycles. The van der Waals surface area contributed by atoms with Crippen molar-refractivity contribution in [2.75, 3.05) is 20.6 Å². The highest BCUT2D eigenvalue weighted by Gasteiger charge is 2.20. The number of hydrogen-bond donors (Lipinski definition) is 2. The molecule has 0 saturated heterocycles. The van der Waals surface area contributed by atoms with Crippen LogP contribution < -0.4 is 4.74 Å². The molecule has 0 heterocycles. The Morgan fingerprint density at radius 3 is 2.07 bits per heavy atom. The topological polar surface area (TPSA) is 130 Å². The quantitative estimate of drug-likeness (QED) is 0.361. The molecule has 2 rings (SSSR count). The van der Waals surface area contributed by atoms with Crippen molar-refractivity contribution < 1.29 is 29.5 Å². The molecule has 0 amide bonds. The predicted molar refractivity (Wildman–Crippen MR) is 110 cm³/mol. The molecular formula is C21H24N2O7. The maximum Gasteiger partial charge on any atom is 0.328 e. The first-order valence-electron chi connectivity index (χ1n) is 8.94. The minimum Gasteiger partial charge on any atom is -0.479 e. The van der Waals surface area contributed by atoms with E-state index in [0.717, 1.165) is 18.5 Å². The number of carboxylic acids is 2. The highest BCUT2D eigenvalue weighted by atomic mass is 16.6. The van der Waals surface area contributed by atoms with Crippen molar-refractivity contribution in [3.63, 3.8) is 0 Å². The zero-order chi connectivity index (χ0) is 22.5. The number of hydrogen-bond acceptors (Lipinski definition) is 6. The van der Waals surface area contributed by atoms with Crippen LogP contribution in [-0.4, -0.2) is 52.6 Å². The third-order valence-corrected chi connectivity index (χ3v) is 3.71. The highest BCUT2D eigenvalue weighted by molar-refractivity contribution is 5.89. The Hall–Kier alpha value is -3.72. The van der Waals surface area contributed by atoms with Crippen molar-refractivity contribution in [1.29, 1.82) is 0 Å². The van der Waals surface area contributed by atoms with Crippen LogP contribution in [0.2, 0.25) is 0 Å². The molecule has 1 atom stereocenters. The zero-order valence-corrected chi connectivity index (χ0v) is 16.7. The first-order chi connectivity index (χ1) is 14.2. The van der Waals surface area contributed by atoms with Crippen LogP contribution in [0.3, 0.4) is 0 Å². The lowest BCUT2D eigenvalue weighted by Gasteiger charge is -2.21. The lowest BCUT2D eigenvalue weighted by atomic mass is 10.1. The second kappa shape index (κ2) is 12.7. The van der Waals surface area contributed by atoms with Crippen LogP contribution in [0.5, 0.6) is 5.75 Å². The molecule has 0 fully saturated rings. The summed E-state index contributed by atoms with van der Waals surface area (Å²) in [5, 5.41) is 26.7. The van der Waals surface area contributed by atoms with E-state index in [1.165, 1.54) is 6.07 Å². The summed E-state index contributed by atoms with van der Waals surface area (Å²) < 4.78 is 5.98. The van der Waals surface area contributed by atoms with Gasteiger partial charge in [0.15, 0.2) is 5.75 Å². The largest absolute Gasteiger partial charge is 0.479 e. The maximum atomic E-state index is 11.1. The summed E-state index contributed by atoms with van der Waals surface area (Å²) in [6.45, 7) is 0.834. The number of benzene rings is 2. The Bertz CT molecular complexity index is 851. The van der Waals surface area contributed by atoms with Crippen LogP contribution in [0.15, 0.2) is 66.7 Å². The number of ether oxygens (including phenoxy) is 1. The van der Waals surface area contributed by atoms with Crippen LogP contribution in [0.4, 0.5) is 5.69 Å².